The van der Waals surface area contributed by atoms with Crippen LogP contribution in [0.2, 0.25) is 0 Å². The topological polar surface area (TPSA) is 70.6 Å². The molecule has 1 aromatic rings. The third-order valence-corrected chi connectivity index (χ3v) is 4.59. The number of nitrogens with zero attached hydrogens (tertiary/aromatic N) is 1. The van der Waals surface area contributed by atoms with Crippen LogP contribution in [0, 0.1) is 11.7 Å². The van der Waals surface area contributed by atoms with Crippen molar-refractivity contribution in [3.63, 3.8) is 0 Å². The molecule has 0 fully saturated rings. The van der Waals surface area contributed by atoms with Crippen LogP contribution in [0.25, 0.3) is 0 Å². The minimum atomic E-state index is -3.18. The first-order chi connectivity index (χ1) is 11.7. The third kappa shape index (κ3) is 10.9. The van der Waals surface area contributed by atoms with Crippen molar-refractivity contribution in [3.05, 3.63) is 35.1 Å². The van der Waals surface area contributed by atoms with E-state index in [1.807, 2.05) is 0 Å². The highest BCUT2D eigenvalue weighted by Gasteiger charge is 2.11. The van der Waals surface area contributed by atoms with Crippen LogP contribution in [0.5, 0.6) is 0 Å². The average Bonchev–Trinajstić information content (AvgIpc) is 2.50. The number of aliphatic imine (C=N–C) groups is 1. The normalized spacial score (nSPS) is 12.0. The van der Waals surface area contributed by atoms with Crippen molar-refractivity contribution in [1.29, 1.82) is 0 Å². The van der Waals surface area contributed by atoms with Gasteiger partial charge < -0.3 is 10.6 Å². The van der Waals surface area contributed by atoms with E-state index >= 15 is 0 Å². The molecule has 26 heavy (non-hydrogen) atoms. The highest BCUT2D eigenvalue weighted by atomic mass is 127. The fourth-order valence-electron chi connectivity index (χ4n) is 2.47. The molecular weight excluding hydrogens is 468 g/mol. The first-order valence-electron chi connectivity index (χ1n) is 8.61. The van der Waals surface area contributed by atoms with E-state index in [2.05, 4.69) is 29.5 Å². The summed E-state index contributed by atoms with van der Waals surface area (Å²) in [5.41, 5.74) is 1.22. The largest absolute Gasteiger partial charge is 0.356 e. The zero-order chi connectivity index (χ0) is 18.9. The van der Waals surface area contributed by atoms with Crippen LogP contribution in [0.3, 0.4) is 0 Å². The molecule has 0 saturated carbocycles. The first-order valence-corrected chi connectivity index (χ1v) is 10.7. The average molecular weight is 499 g/mol. The van der Waals surface area contributed by atoms with E-state index in [1.54, 1.807) is 7.05 Å². The summed E-state index contributed by atoms with van der Waals surface area (Å²) in [4.78, 5) is 4.14. The summed E-state index contributed by atoms with van der Waals surface area (Å²) in [6.07, 6.45) is 4.58. The van der Waals surface area contributed by atoms with Crippen LogP contribution in [0.1, 0.15) is 44.2 Å². The summed E-state index contributed by atoms with van der Waals surface area (Å²) in [6, 6.07) is 4.17. The Kier molecular flexibility index (Phi) is 12.0. The first kappa shape index (κ1) is 25.1. The fraction of sp³-hybridized carbons (Fsp3) is 0.611. The summed E-state index contributed by atoms with van der Waals surface area (Å²) in [6.45, 7) is 5.54. The van der Waals surface area contributed by atoms with Gasteiger partial charge in [-0.25, -0.2) is 12.8 Å². The van der Waals surface area contributed by atoms with E-state index in [0.717, 1.165) is 19.4 Å². The van der Waals surface area contributed by atoms with E-state index in [1.165, 1.54) is 30.9 Å². The molecule has 0 saturated heterocycles. The second kappa shape index (κ2) is 12.5. The number of benzene rings is 1. The molecule has 0 aliphatic rings. The molecule has 0 heterocycles. The summed E-state index contributed by atoms with van der Waals surface area (Å²) in [5.74, 6) is 0.842. The number of rotatable bonds is 9. The molecule has 5 nitrogen and oxygen atoms in total. The van der Waals surface area contributed by atoms with Crippen molar-refractivity contribution in [3.8, 4) is 0 Å². The maximum atomic E-state index is 13.5. The van der Waals surface area contributed by atoms with E-state index in [4.69, 9.17) is 0 Å². The minimum absolute atomic E-state index is 0. The van der Waals surface area contributed by atoms with Crippen LogP contribution in [-0.4, -0.2) is 34.2 Å². The Morgan fingerprint density at radius 1 is 1.19 bits per heavy atom. The molecule has 0 aromatic heterocycles. The Morgan fingerprint density at radius 3 is 2.46 bits per heavy atom. The lowest BCUT2D eigenvalue weighted by Crippen LogP contribution is -2.37. The Labute approximate surface area is 174 Å². The molecule has 150 valence electrons. The molecule has 0 aliphatic heterocycles. The van der Waals surface area contributed by atoms with Crippen molar-refractivity contribution in [2.75, 3.05) is 19.8 Å². The van der Waals surface area contributed by atoms with Gasteiger partial charge in [-0.1, -0.05) is 32.8 Å². The lowest BCUT2D eigenvalue weighted by atomic mass is 10.1. The van der Waals surface area contributed by atoms with Crippen molar-refractivity contribution in [2.45, 2.75) is 45.4 Å². The molecule has 0 spiro atoms. The summed E-state index contributed by atoms with van der Waals surface area (Å²) in [5, 5.41) is 6.34. The maximum Gasteiger partial charge on any atom is 0.191 e. The predicted molar refractivity (Wildman–Crippen MR) is 117 cm³/mol. The maximum absolute atomic E-state index is 13.5. The molecule has 1 rings (SSSR count). The molecule has 2 N–H and O–H groups in total. The van der Waals surface area contributed by atoms with Gasteiger partial charge in [-0.05, 0) is 35.6 Å². The molecule has 8 heteroatoms. The van der Waals surface area contributed by atoms with E-state index in [0.29, 0.717) is 29.5 Å². The summed E-state index contributed by atoms with van der Waals surface area (Å²) in [7, 11) is -1.51. The van der Waals surface area contributed by atoms with Gasteiger partial charge in [0.1, 0.15) is 5.82 Å². The Hall–Kier alpha value is -0.900. The van der Waals surface area contributed by atoms with Gasteiger partial charge in [-0.15, -0.1) is 24.0 Å². The lowest BCUT2D eigenvalue weighted by Gasteiger charge is -2.14. The van der Waals surface area contributed by atoms with E-state index in [-0.39, 0.29) is 35.5 Å². The van der Waals surface area contributed by atoms with Crippen molar-refractivity contribution in [2.24, 2.45) is 10.9 Å². The summed E-state index contributed by atoms with van der Waals surface area (Å²) < 4.78 is 36.6. The Bertz CT molecular complexity index is 679. The van der Waals surface area contributed by atoms with Crippen LogP contribution in [0.4, 0.5) is 4.39 Å². The molecule has 0 aliphatic carbocycles. The molecule has 0 bridgehead atoms. The van der Waals surface area contributed by atoms with Gasteiger partial charge in [0.15, 0.2) is 15.8 Å². The van der Waals surface area contributed by atoms with Gasteiger partial charge in [-0.2, -0.15) is 0 Å². The number of unbranched alkanes of at least 4 members (excludes halogenated alkanes) is 1. The zero-order valence-corrected chi connectivity index (χ0v) is 19.2. The van der Waals surface area contributed by atoms with Gasteiger partial charge in [-0.3, -0.25) is 4.99 Å². The van der Waals surface area contributed by atoms with E-state index < -0.39 is 9.84 Å². The van der Waals surface area contributed by atoms with Gasteiger partial charge in [0.2, 0.25) is 0 Å². The second-order valence-corrected chi connectivity index (χ2v) is 8.87. The SMILES string of the molecule is CN=C(NCCCCC(C)C)NCc1cc(F)ccc1CS(C)(=O)=O.I. The molecule has 0 unspecified atom stereocenters. The van der Waals surface area contributed by atoms with Gasteiger partial charge in [0.05, 0.1) is 5.75 Å². The number of hydrogen-bond acceptors (Lipinski definition) is 3. The monoisotopic (exact) mass is 499 g/mol. The van der Waals surface area contributed by atoms with E-state index in [9.17, 15) is 12.8 Å². The van der Waals surface area contributed by atoms with Crippen LogP contribution >= 0.6 is 24.0 Å². The van der Waals surface area contributed by atoms with Crippen molar-refractivity contribution < 1.29 is 12.8 Å². The standard InChI is InChI=1S/C18H30FN3O2S.HI/c1-14(2)7-5-6-10-21-18(20-3)22-12-16-11-17(19)9-8-15(16)13-25(4,23)24;/h8-9,11,14H,5-7,10,12-13H2,1-4H3,(H2,20,21,22);1H. The zero-order valence-electron chi connectivity index (χ0n) is 16.0. The lowest BCUT2D eigenvalue weighted by molar-refractivity contribution is 0.534. The molecule has 0 radical (unpaired) electrons. The van der Waals surface area contributed by atoms with Crippen LogP contribution in [0.15, 0.2) is 23.2 Å². The molecule has 0 amide bonds. The van der Waals surface area contributed by atoms with Gasteiger partial charge in [0.25, 0.3) is 0 Å². The van der Waals surface area contributed by atoms with Crippen molar-refractivity contribution >= 4 is 39.8 Å². The van der Waals surface area contributed by atoms with Gasteiger partial charge >= 0.3 is 0 Å². The fourth-order valence-corrected chi connectivity index (χ4v) is 3.31. The Morgan fingerprint density at radius 2 is 1.88 bits per heavy atom. The third-order valence-electron chi connectivity index (χ3n) is 3.76. The number of guanidine groups is 1. The highest BCUT2D eigenvalue weighted by molar-refractivity contribution is 14.0. The quantitative estimate of drug-likeness (QED) is 0.236. The predicted octanol–water partition coefficient (Wildman–Crippen LogP) is 3.48. The molecule has 0 atom stereocenters. The molecular formula is C18H31FIN3O2S. The van der Waals surface area contributed by atoms with Crippen LogP contribution in [-0.2, 0) is 22.1 Å². The number of nitrogens with one attached hydrogen (secondary N) is 2. The number of sulfone groups is 1. The Balaban J connectivity index is 0.00000625. The minimum Gasteiger partial charge on any atom is -0.356 e. The smallest absolute Gasteiger partial charge is 0.191 e. The highest BCUT2D eigenvalue weighted by Crippen LogP contribution is 2.14. The summed E-state index contributed by atoms with van der Waals surface area (Å²) >= 11 is 0. The van der Waals surface area contributed by atoms with Gasteiger partial charge in [0, 0.05) is 26.4 Å². The second-order valence-electron chi connectivity index (χ2n) is 6.73. The van der Waals surface area contributed by atoms with Crippen LogP contribution < -0.4 is 10.6 Å². The van der Waals surface area contributed by atoms with Crippen molar-refractivity contribution in [1.82, 2.24) is 10.6 Å². The number of hydrogen-bond donors (Lipinski definition) is 2. The number of halogens is 2. The molecule has 1 aromatic carbocycles.